The Morgan fingerprint density at radius 1 is 0.434 bits per heavy atom. The van der Waals surface area contributed by atoms with Gasteiger partial charge in [-0.15, -0.1) is 11.3 Å². The molecule has 0 saturated heterocycles. The number of ether oxygens (including phenoxy) is 1. The number of hydrogen-bond acceptors (Lipinski definition) is 4. The molecule has 0 saturated carbocycles. The van der Waals surface area contributed by atoms with Crippen molar-refractivity contribution in [2.45, 2.75) is 5.41 Å². The predicted octanol–water partition coefficient (Wildman–Crippen LogP) is 13.9. The molecule has 4 heteroatoms. The topological polar surface area (TPSA) is 25.6 Å². The fourth-order valence-corrected chi connectivity index (χ4v) is 10.3. The Labute approximate surface area is 309 Å². The first-order valence-electron chi connectivity index (χ1n) is 18.0. The smallest absolute Gasteiger partial charge is 0.143 e. The quantitative estimate of drug-likeness (QED) is 0.184. The summed E-state index contributed by atoms with van der Waals surface area (Å²) >= 11 is 1.84. The molecule has 3 heterocycles. The summed E-state index contributed by atoms with van der Waals surface area (Å²) in [6.07, 6.45) is 0. The highest BCUT2D eigenvalue weighted by atomic mass is 32.1. The van der Waals surface area contributed by atoms with Crippen molar-refractivity contribution in [3.8, 4) is 22.6 Å². The monoisotopic (exact) mass is 695 g/mol. The number of anilines is 3. The number of thiophene rings is 1. The van der Waals surface area contributed by atoms with Gasteiger partial charge in [-0.05, 0) is 71.3 Å². The Morgan fingerprint density at radius 2 is 1.06 bits per heavy atom. The van der Waals surface area contributed by atoms with Crippen LogP contribution >= 0.6 is 11.3 Å². The summed E-state index contributed by atoms with van der Waals surface area (Å²) in [7, 11) is 0. The van der Waals surface area contributed by atoms with Gasteiger partial charge in [-0.3, -0.25) is 0 Å². The van der Waals surface area contributed by atoms with Crippen LogP contribution in [-0.2, 0) is 5.41 Å². The summed E-state index contributed by atoms with van der Waals surface area (Å²) in [4.78, 5) is 2.33. The zero-order valence-corrected chi connectivity index (χ0v) is 29.2. The van der Waals surface area contributed by atoms with Crippen LogP contribution in [0.4, 0.5) is 17.1 Å². The van der Waals surface area contributed by atoms with Crippen LogP contribution in [0.25, 0.3) is 53.2 Å². The first-order chi connectivity index (χ1) is 26.3. The normalized spacial score (nSPS) is 13.6. The molecular formula is C49H29NO2S. The lowest BCUT2D eigenvalue weighted by molar-refractivity contribution is 0.436. The third kappa shape index (κ3) is 3.88. The number of fused-ring (bicyclic) bond motifs is 16. The van der Waals surface area contributed by atoms with Crippen LogP contribution in [0.5, 0.6) is 11.5 Å². The average molecular weight is 696 g/mol. The Balaban J connectivity index is 1.09. The zero-order valence-electron chi connectivity index (χ0n) is 28.4. The Bertz CT molecular complexity index is 3070. The fourth-order valence-electron chi connectivity index (χ4n) is 9.17. The second-order valence-corrected chi connectivity index (χ2v) is 15.1. The van der Waals surface area contributed by atoms with Gasteiger partial charge in [0, 0.05) is 70.8 Å². The molecule has 0 N–H and O–H groups in total. The van der Waals surface area contributed by atoms with E-state index >= 15 is 0 Å². The number of rotatable bonds is 3. The van der Waals surface area contributed by atoms with E-state index in [9.17, 15) is 0 Å². The number of benzene rings is 8. The molecule has 248 valence electrons. The highest BCUT2D eigenvalue weighted by Gasteiger charge is 2.51. The first-order valence-corrected chi connectivity index (χ1v) is 18.8. The van der Waals surface area contributed by atoms with E-state index in [0.717, 1.165) is 67.2 Å². The molecule has 0 amide bonds. The Morgan fingerprint density at radius 3 is 1.87 bits per heavy atom. The van der Waals surface area contributed by atoms with E-state index in [1.807, 2.05) is 11.3 Å². The first kappa shape index (κ1) is 29.0. The second-order valence-electron chi connectivity index (χ2n) is 14.0. The largest absolute Gasteiger partial charge is 0.457 e. The molecule has 0 unspecified atom stereocenters. The third-order valence-corrected chi connectivity index (χ3v) is 12.5. The van der Waals surface area contributed by atoms with E-state index in [2.05, 4.69) is 181 Å². The summed E-state index contributed by atoms with van der Waals surface area (Å²) in [5.41, 5.74) is 11.6. The van der Waals surface area contributed by atoms with E-state index in [1.165, 1.54) is 36.9 Å². The van der Waals surface area contributed by atoms with Gasteiger partial charge in [0.05, 0.1) is 5.41 Å². The van der Waals surface area contributed by atoms with Crippen molar-refractivity contribution in [3.05, 3.63) is 198 Å². The van der Waals surface area contributed by atoms with Crippen LogP contribution in [-0.4, -0.2) is 0 Å². The summed E-state index contributed by atoms with van der Waals surface area (Å²) in [5.74, 6) is 1.77. The molecule has 8 aromatic carbocycles. The minimum atomic E-state index is -0.537. The molecule has 0 atom stereocenters. The molecule has 1 aliphatic carbocycles. The lowest BCUT2D eigenvalue weighted by Gasteiger charge is -2.39. The molecule has 10 aromatic rings. The minimum Gasteiger partial charge on any atom is -0.457 e. The molecule has 0 radical (unpaired) electrons. The van der Waals surface area contributed by atoms with Crippen molar-refractivity contribution < 1.29 is 9.15 Å². The van der Waals surface area contributed by atoms with E-state index in [0.29, 0.717) is 0 Å². The fraction of sp³-hybridized carbons (Fsp3) is 0.0204. The molecule has 2 aromatic heterocycles. The summed E-state index contributed by atoms with van der Waals surface area (Å²) in [6.45, 7) is 0. The van der Waals surface area contributed by atoms with Gasteiger partial charge in [-0.25, -0.2) is 0 Å². The minimum absolute atomic E-state index is 0.537. The number of hydrogen-bond donors (Lipinski definition) is 0. The average Bonchev–Trinajstić information content (AvgIpc) is 3.87. The van der Waals surface area contributed by atoms with Crippen molar-refractivity contribution in [3.63, 3.8) is 0 Å². The van der Waals surface area contributed by atoms with Gasteiger partial charge in [0.1, 0.15) is 22.7 Å². The SMILES string of the molecule is c1ccc(N(c2ccc3c(c2)oc2c4c(ccc23)C2(c3ccccc3Oc3ccccc32)c2ccccc2-4)c2ccc3c(c2)sc2ccccc23)cc1. The number of nitrogens with zero attached hydrogens (tertiary/aromatic N) is 1. The van der Waals surface area contributed by atoms with Crippen LogP contribution in [0.2, 0.25) is 0 Å². The van der Waals surface area contributed by atoms with Crippen molar-refractivity contribution in [1.82, 2.24) is 0 Å². The number of para-hydroxylation sites is 3. The van der Waals surface area contributed by atoms with Crippen molar-refractivity contribution in [2.75, 3.05) is 4.90 Å². The van der Waals surface area contributed by atoms with Gasteiger partial charge >= 0.3 is 0 Å². The Hall–Kier alpha value is -6.62. The van der Waals surface area contributed by atoms with E-state index in [4.69, 9.17) is 9.15 Å². The van der Waals surface area contributed by atoms with Crippen molar-refractivity contribution in [2.24, 2.45) is 0 Å². The standard InChI is InChI=1S/C49H29NO2S/c1-2-12-30(13-3-1)50(32-23-25-35-34-14-5-11-21-45(34)53-46(35)29-32)31-22-24-33-36-26-27-41-47(48(36)52-44(33)28-31)37-15-4-6-16-38(37)49(41)39-17-7-9-19-42(39)51-43-20-10-8-18-40(43)49/h1-29H. The lowest BCUT2D eigenvalue weighted by atomic mass is 9.66. The van der Waals surface area contributed by atoms with Crippen LogP contribution in [0, 0.1) is 0 Å². The van der Waals surface area contributed by atoms with E-state index in [-0.39, 0.29) is 0 Å². The molecule has 53 heavy (non-hydrogen) atoms. The zero-order chi connectivity index (χ0) is 34.7. The second kappa shape index (κ2) is 10.7. The summed E-state index contributed by atoms with van der Waals surface area (Å²) < 4.78 is 16.2. The van der Waals surface area contributed by atoms with E-state index in [1.54, 1.807) is 0 Å². The number of furan rings is 1. The molecule has 12 rings (SSSR count). The molecular weight excluding hydrogens is 667 g/mol. The van der Waals surface area contributed by atoms with Gasteiger partial charge in [-0.1, -0.05) is 115 Å². The summed E-state index contributed by atoms with van der Waals surface area (Å²) in [6, 6.07) is 63.2. The van der Waals surface area contributed by atoms with E-state index < -0.39 is 5.41 Å². The van der Waals surface area contributed by atoms with Crippen LogP contribution in [0.3, 0.4) is 0 Å². The molecule has 2 aliphatic rings. The predicted molar refractivity (Wildman–Crippen MR) is 219 cm³/mol. The van der Waals surface area contributed by atoms with Gasteiger partial charge in [0.2, 0.25) is 0 Å². The lowest BCUT2D eigenvalue weighted by Crippen LogP contribution is -2.32. The van der Waals surface area contributed by atoms with Crippen molar-refractivity contribution in [1.29, 1.82) is 0 Å². The van der Waals surface area contributed by atoms with Gasteiger partial charge in [0.25, 0.3) is 0 Å². The van der Waals surface area contributed by atoms with Gasteiger partial charge in [-0.2, -0.15) is 0 Å². The maximum atomic E-state index is 7.08. The molecule has 0 bridgehead atoms. The third-order valence-electron chi connectivity index (χ3n) is 11.3. The van der Waals surface area contributed by atoms with Crippen molar-refractivity contribution >= 4 is 70.5 Å². The molecule has 3 nitrogen and oxygen atoms in total. The molecule has 1 aliphatic heterocycles. The summed E-state index contributed by atoms with van der Waals surface area (Å²) in [5, 5.41) is 4.81. The van der Waals surface area contributed by atoms with Crippen LogP contribution < -0.4 is 9.64 Å². The molecule has 1 spiro atoms. The van der Waals surface area contributed by atoms with Crippen LogP contribution in [0.15, 0.2) is 180 Å². The Kier molecular flexibility index (Phi) is 5.86. The van der Waals surface area contributed by atoms with Crippen LogP contribution in [0.1, 0.15) is 22.3 Å². The van der Waals surface area contributed by atoms with Gasteiger partial charge in [0.15, 0.2) is 0 Å². The maximum Gasteiger partial charge on any atom is 0.143 e. The highest BCUT2D eigenvalue weighted by Crippen LogP contribution is 2.63. The molecule has 0 fully saturated rings. The highest BCUT2D eigenvalue weighted by molar-refractivity contribution is 7.25. The maximum absolute atomic E-state index is 7.08. The van der Waals surface area contributed by atoms with Gasteiger partial charge < -0.3 is 14.1 Å².